The molecule has 0 spiro atoms. The number of benzene rings is 1. The van der Waals surface area contributed by atoms with Crippen LogP contribution < -0.4 is 11.1 Å². The average molecular weight is 374 g/mol. The fourth-order valence-corrected chi connectivity index (χ4v) is 2.12. The molecule has 0 aliphatic rings. The minimum absolute atomic E-state index is 0. The fraction of sp³-hybridized carbons (Fsp3) is 0.286. The standard InChI is InChI=1S/C14H17BrN4O.ClH/c1-14(16,11-3-5-12(15)6-4-11)13(20)17-7-10-8-18-19(2)9-10;/h3-6,8-9H,7,16H2,1-2H3,(H,17,20);1H. The maximum absolute atomic E-state index is 12.3. The third-order valence-corrected chi connectivity index (χ3v) is 3.66. The van der Waals surface area contributed by atoms with E-state index in [-0.39, 0.29) is 18.3 Å². The molecule has 0 fully saturated rings. The quantitative estimate of drug-likeness (QED) is 0.862. The molecular formula is C14H18BrClN4O. The zero-order valence-electron chi connectivity index (χ0n) is 11.8. The lowest BCUT2D eigenvalue weighted by atomic mass is 9.92. The van der Waals surface area contributed by atoms with E-state index in [0.717, 1.165) is 15.6 Å². The second-order valence-corrected chi connectivity index (χ2v) is 5.83. The van der Waals surface area contributed by atoms with Gasteiger partial charge in [-0.15, -0.1) is 12.4 Å². The third-order valence-electron chi connectivity index (χ3n) is 3.13. The number of nitrogens with two attached hydrogens (primary N) is 1. The first-order valence-electron chi connectivity index (χ1n) is 6.20. The number of aromatic nitrogens is 2. The van der Waals surface area contributed by atoms with Crippen molar-refractivity contribution in [1.29, 1.82) is 0 Å². The molecule has 7 heteroatoms. The van der Waals surface area contributed by atoms with Crippen molar-refractivity contribution in [2.24, 2.45) is 12.8 Å². The summed E-state index contributed by atoms with van der Waals surface area (Å²) in [6, 6.07) is 7.42. The van der Waals surface area contributed by atoms with E-state index in [9.17, 15) is 4.79 Å². The van der Waals surface area contributed by atoms with Crippen molar-refractivity contribution in [1.82, 2.24) is 15.1 Å². The van der Waals surface area contributed by atoms with Crippen LogP contribution in [0.3, 0.4) is 0 Å². The zero-order chi connectivity index (χ0) is 14.8. The molecule has 0 bridgehead atoms. The predicted molar refractivity (Wildman–Crippen MR) is 88.0 cm³/mol. The number of hydrogen-bond donors (Lipinski definition) is 2. The molecule has 1 amide bonds. The van der Waals surface area contributed by atoms with Crippen molar-refractivity contribution in [2.45, 2.75) is 19.0 Å². The highest BCUT2D eigenvalue weighted by Crippen LogP contribution is 2.20. The van der Waals surface area contributed by atoms with Crippen molar-refractivity contribution >= 4 is 34.2 Å². The third kappa shape index (κ3) is 4.30. The van der Waals surface area contributed by atoms with Gasteiger partial charge in [0.25, 0.3) is 0 Å². The summed E-state index contributed by atoms with van der Waals surface area (Å²) in [5.74, 6) is -0.219. The van der Waals surface area contributed by atoms with Gasteiger partial charge >= 0.3 is 0 Å². The van der Waals surface area contributed by atoms with Gasteiger partial charge in [-0.2, -0.15) is 5.10 Å². The molecule has 0 saturated heterocycles. The number of nitrogens with zero attached hydrogens (tertiary/aromatic N) is 2. The second-order valence-electron chi connectivity index (χ2n) is 4.91. The second kappa shape index (κ2) is 7.06. The number of carbonyl (C=O) groups excluding carboxylic acids is 1. The van der Waals surface area contributed by atoms with Gasteiger partial charge in [0, 0.05) is 29.8 Å². The van der Waals surface area contributed by atoms with Crippen LogP contribution in [0.2, 0.25) is 0 Å². The molecule has 0 radical (unpaired) electrons. The molecule has 2 aromatic rings. The first-order valence-corrected chi connectivity index (χ1v) is 6.99. The largest absolute Gasteiger partial charge is 0.350 e. The number of carbonyl (C=O) groups is 1. The molecule has 1 aromatic carbocycles. The van der Waals surface area contributed by atoms with Gasteiger partial charge in [0.1, 0.15) is 5.54 Å². The Morgan fingerprint density at radius 1 is 1.43 bits per heavy atom. The summed E-state index contributed by atoms with van der Waals surface area (Å²) in [5.41, 5.74) is 6.79. The summed E-state index contributed by atoms with van der Waals surface area (Å²) in [4.78, 5) is 12.3. The first-order chi connectivity index (χ1) is 9.39. The van der Waals surface area contributed by atoms with Crippen LogP contribution in [0.15, 0.2) is 41.1 Å². The number of hydrogen-bond acceptors (Lipinski definition) is 3. The summed E-state index contributed by atoms with van der Waals surface area (Å²) < 4.78 is 2.64. The summed E-state index contributed by atoms with van der Waals surface area (Å²) in [6.45, 7) is 2.12. The van der Waals surface area contributed by atoms with Crippen molar-refractivity contribution < 1.29 is 4.79 Å². The summed E-state index contributed by atoms with van der Waals surface area (Å²) in [7, 11) is 1.83. The Hall–Kier alpha value is -1.37. The number of halogens is 2. The lowest BCUT2D eigenvalue weighted by Gasteiger charge is -2.24. The summed E-state index contributed by atoms with van der Waals surface area (Å²) in [5, 5.41) is 6.89. The maximum atomic E-state index is 12.3. The molecule has 0 saturated carbocycles. The Labute approximate surface area is 138 Å². The van der Waals surface area contributed by atoms with E-state index < -0.39 is 5.54 Å². The van der Waals surface area contributed by atoms with Crippen LogP contribution in [0, 0.1) is 0 Å². The topological polar surface area (TPSA) is 72.9 Å². The number of rotatable bonds is 4. The molecule has 1 unspecified atom stereocenters. The SMILES string of the molecule is Cl.Cn1cc(CNC(=O)C(C)(N)c2ccc(Br)cc2)cn1. The van der Waals surface area contributed by atoms with Crippen LogP contribution >= 0.6 is 28.3 Å². The van der Waals surface area contributed by atoms with Gasteiger partial charge < -0.3 is 11.1 Å². The number of nitrogens with one attached hydrogen (secondary N) is 1. The molecule has 21 heavy (non-hydrogen) atoms. The van der Waals surface area contributed by atoms with E-state index in [1.807, 2.05) is 37.5 Å². The van der Waals surface area contributed by atoms with Crippen molar-refractivity contribution in [3.8, 4) is 0 Å². The molecule has 1 aromatic heterocycles. The summed E-state index contributed by atoms with van der Waals surface area (Å²) >= 11 is 3.36. The Kier molecular flexibility index (Phi) is 5.95. The molecule has 114 valence electrons. The zero-order valence-corrected chi connectivity index (χ0v) is 14.2. The van der Waals surface area contributed by atoms with Gasteiger partial charge in [-0.25, -0.2) is 0 Å². The van der Waals surface area contributed by atoms with Gasteiger partial charge in [-0.1, -0.05) is 28.1 Å². The van der Waals surface area contributed by atoms with Gasteiger partial charge in [-0.05, 0) is 24.6 Å². The molecular weight excluding hydrogens is 356 g/mol. The lowest BCUT2D eigenvalue weighted by molar-refractivity contribution is -0.126. The van der Waals surface area contributed by atoms with E-state index in [4.69, 9.17) is 5.73 Å². The minimum Gasteiger partial charge on any atom is -0.350 e. The van der Waals surface area contributed by atoms with Gasteiger partial charge in [0.2, 0.25) is 5.91 Å². The summed E-state index contributed by atoms with van der Waals surface area (Å²) in [6.07, 6.45) is 3.57. The Bertz CT molecular complexity index is 610. The van der Waals surface area contributed by atoms with E-state index in [1.165, 1.54) is 0 Å². The lowest BCUT2D eigenvalue weighted by Crippen LogP contribution is -2.48. The van der Waals surface area contributed by atoms with E-state index in [2.05, 4.69) is 26.3 Å². The van der Waals surface area contributed by atoms with Crippen molar-refractivity contribution in [3.05, 3.63) is 52.3 Å². The van der Waals surface area contributed by atoms with Crippen molar-refractivity contribution in [3.63, 3.8) is 0 Å². The van der Waals surface area contributed by atoms with Crippen LogP contribution in [0.1, 0.15) is 18.1 Å². The predicted octanol–water partition coefficient (Wildman–Crippen LogP) is 2.09. The Morgan fingerprint density at radius 2 is 2.05 bits per heavy atom. The molecule has 5 nitrogen and oxygen atoms in total. The molecule has 2 rings (SSSR count). The van der Waals surface area contributed by atoms with Gasteiger partial charge in [-0.3, -0.25) is 9.48 Å². The van der Waals surface area contributed by atoms with Crippen LogP contribution in [0.25, 0.3) is 0 Å². The van der Waals surface area contributed by atoms with Crippen molar-refractivity contribution in [2.75, 3.05) is 0 Å². The molecule has 0 aliphatic carbocycles. The van der Waals surface area contributed by atoms with E-state index in [0.29, 0.717) is 6.54 Å². The fourth-order valence-electron chi connectivity index (χ4n) is 1.86. The molecule has 1 atom stereocenters. The van der Waals surface area contributed by atoms with E-state index >= 15 is 0 Å². The smallest absolute Gasteiger partial charge is 0.244 e. The monoisotopic (exact) mass is 372 g/mol. The highest BCUT2D eigenvalue weighted by molar-refractivity contribution is 9.10. The Balaban J connectivity index is 0.00000220. The first kappa shape index (κ1) is 17.7. The highest BCUT2D eigenvalue weighted by Gasteiger charge is 2.30. The van der Waals surface area contributed by atoms with Crippen LogP contribution in [-0.4, -0.2) is 15.7 Å². The number of amides is 1. The van der Waals surface area contributed by atoms with E-state index in [1.54, 1.807) is 17.8 Å². The average Bonchev–Trinajstić information content (AvgIpc) is 2.82. The molecule has 1 heterocycles. The molecule has 3 N–H and O–H groups in total. The van der Waals surface area contributed by atoms with Crippen LogP contribution in [0.4, 0.5) is 0 Å². The maximum Gasteiger partial charge on any atom is 0.244 e. The van der Waals surface area contributed by atoms with Crippen LogP contribution in [0.5, 0.6) is 0 Å². The van der Waals surface area contributed by atoms with Gasteiger partial charge in [0.15, 0.2) is 0 Å². The van der Waals surface area contributed by atoms with Gasteiger partial charge in [0.05, 0.1) is 6.20 Å². The number of aryl methyl sites for hydroxylation is 1. The normalized spacial score (nSPS) is 13.1. The van der Waals surface area contributed by atoms with Crippen LogP contribution in [-0.2, 0) is 23.9 Å². The minimum atomic E-state index is -1.07. The highest BCUT2D eigenvalue weighted by atomic mass is 79.9. The Morgan fingerprint density at radius 3 is 2.57 bits per heavy atom. The molecule has 0 aliphatic heterocycles.